The number of hydrogen-bond donors (Lipinski definition) is 1. The van der Waals surface area contributed by atoms with E-state index in [0.717, 1.165) is 6.07 Å². The third-order valence-corrected chi connectivity index (χ3v) is 2.21. The molecule has 0 amide bonds. The van der Waals surface area contributed by atoms with Gasteiger partial charge in [-0.3, -0.25) is 0 Å². The van der Waals surface area contributed by atoms with Gasteiger partial charge < -0.3 is 4.98 Å². The highest BCUT2D eigenvalue weighted by molar-refractivity contribution is 9.10. The van der Waals surface area contributed by atoms with Crippen molar-refractivity contribution in [2.75, 3.05) is 0 Å². The summed E-state index contributed by atoms with van der Waals surface area (Å²) < 4.78 is 37.7. The van der Waals surface area contributed by atoms with E-state index in [9.17, 15) is 13.2 Å². The first kappa shape index (κ1) is 9.51. The normalized spacial score (nSPS) is 12.3. The van der Waals surface area contributed by atoms with Crippen LogP contribution in [-0.4, -0.2) is 9.97 Å². The minimum Gasteiger partial charge on any atom is -0.346 e. The molecule has 0 saturated heterocycles. The van der Waals surface area contributed by atoms with Crippen LogP contribution in [0.15, 0.2) is 22.9 Å². The first-order valence-electron chi connectivity index (χ1n) is 3.69. The second-order valence-corrected chi connectivity index (χ2v) is 3.54. The SMILES string of the molecule is FC(F)(F)c1cc(Br)nc2[nH]ccc12. The minimum absolute atomic E-state index is 0.0840. The van der Waals surface area contributed by atoms with E-state index < -0.39 is 11.7 Å². The molecule has 1 N–H and O–H groups in total. The lowest BCUT2D eigenvalue weighted by molar-refractivity contribution is -0.136. The summed E-state index contributed by atoms with van der Waals surface area (Å²) in [7, 11) is 0. The van der Waals surface area contributed by atoms with Gasteiger partial charge in [0.2, 0.25) is 0 Å². The lowest BCUT2D eigenvalue weighted by Crippen LogP contribution is -2.05. The van der Waals surface area contributed by atoms with Crippen molar-refractivity contribution in [3.8, 4) is 0 Å². The summed E-state index contributed by atoms with van der Waals surface area (Å²) in [4.78, 5) is 6.50. The predicted octanol–water partition coefficient (Wildman–Crippen LogP) is 3.34. The quantitative estimate of drug-likeness (QED) is 0.727. The fourth-order valence-corrected chi connectivity index (χ4v) is 1.65. The largest absolute Gasteiger partial charge is 0.417 e. The predicted molar refractivity (Wildman–Crippen MR) is 48.8 cm³/mol. The van der Waals surface area contributed by atoms with Crippen molar-refractivity contribution in [3.63, 3.8) is 0 Å². The van der Waals surface area contributed by atoms with E-state index in [-0.39, 0.29) is 15.6 Å². The van der Waals surface area contributed by atoms with Gasteiger partial charge in [-0.2, -0.15) is 13.2 Å². The van der Waals surface area contributed by atoms with Crippen LogP contribution in [-0.2, 0) is 6.18 Å². The van der Waals surface area contributed by atoms with Gasteiger partial charge in [-0.25, -0.2) is 4.98 Å². The van der Waals surface area contributed by atoms with Crippen LogP contribution in [0.5, 0.6) is 0 Å². The zero-order chi connectivity index (χ0) is 10.3. The first-order valence-corrected chi connectivity index (χ1v) is 4.48. The molecule has 6 heteroatoms. The molecular weight excluding hydrogens is 261 g/mol. The van der Waals surface area contributed by atoms with Crippen molar-refractivity contribution < 1.29 is 13.2 Å². The summed E-state index contributed by atoms with van der Waals surface area (Å²) in [6.45, 7) is 0. The van der Waals surface area contributed by atoms with E-state index >= 15 is 0 Å². The van der Waals surface area contributed by atoms with Crippen LogP contribution < -0.4 is 0 Å². The third-order valence-electron chi connectivity index (χ3n) is 1.80. The summed E-state index contributed by atoms with van der Waals surface area (Å²) >= 11 is 2.93. The van der Waals surface area contributed by atoms with Crippen molar-refractivity contribution in [3.05, 3.63) is 28.5 Å². The molecule has 0 aliphatic carbocycles. The molecule has 0 saturated carbocycles. The lowest BCUT2D eigenvalue weighted by Gasteiger charge is -2.07. The molecule has 0 aliphatic heterocycles. The first-order chi connectivity index (χ1) is 6.48. The Labute approximate surface area is 85.3 Å². The van der Waals surface area contributed by atoms with E-state index in [1.165, 1.54) is 12.3 Å². The molecule has 0 radical (unpaired) electrons. The van der Waals surface area contributed by atoms with Gasteiger partial charge in [0.1, 0.15) is 10.3 Å². The van der Waals surface area contributed by atoms with Crippen molar-refractivity contribution in [1.82, 2.24) is 9.97 Å². The lowest BCUT2D eigenvalue weighted by atomic mass is 10.2. The molecule has 2 rings (SSSR count). The number of H-pyrrole nitrogens is 1. The van der Waals surface area contributed by atoms with E-state index in [4.69, 9.17) is 0 Å². The standard InChI is InChI=1S/C8H4BrF3N2/c9-6-3-5(8(10,11)12)4-1-2-13-7(4)14-6/h1-3H,(H,13,14). The average molecular weight is 265 g/mol. The number of nitrogens with zero attached hydrogens (tertiary/aromatic N) is 1. The molecule has 2 heterocycles. The molecular formula is C8H4BrF3N2. The highest BCUT2D eigenvalue weighted by atomic mass is 79.9. The number of hydrogen-bond acceptors (Lipinski definition) is 1. The molecule has 2 aromatic rings. The maximum absolute atomic E-state index is 12.5. The monoisotopic (exact) mass is 264 g/mol. The van der Waals surface area contributed by atoms with E-state index in [2.05, 4.69) is 25.9 Å². The number of halogens is 4. The third kappa shape index (κ3) is 1.50. The molecule has 2 nitrogen and oxygen atoms in total. The van der Waals surface area contributed by atoms with Crippen molar-refractivity contribution >= 4 is 27.0 Å². The van der Waals surface area contributed by atoms with Crippen LogP contribution in [0, 0.1) is 0 Å². The molecule has 0 aliphatic rings. The summed E-state index contributed by atoms with van der Waals surface area (Å²) in [5.74, 6) is 0. The van der Waals surface area contributed by atoms with Gasteiger partial charge in [0.25, 0.3) is 0 Å². The van der Waals surface area contributed by atoms with Gasteiger partial charge in [-0.15, -0.1) is 0 Å². The van der Waals surface area contributed by atoms with Crippen LogP contribution in [0.2, 0.25) is 0 Å². The van der Waals surface area contributed by atoms with Crippen LogP contribution in [0.4, 0.5) is 13.2 Å². The smallest absolute Gasteiger partial charge is 0.346 e. The van der Waals surface area contributed by atoms with Crippen LogP contribution in [0.3, 0.4) is 0 Å². The number of rotatable bonds is 0. The van der Waals surface area contributed by atoms with E-state index in [1.54, 1.807) is 0 Å². The van der Waals surface area contributed by atoms with Crippen molar-refractivity contribution in [1.29, 1.82) is 0 Å². The molecule has 0 fully saturated rings. The number of alkyl halides is 3. The molecule has 2 aromatic heterocycles. The topological polar surface area (TPSA) is 28.7 Å². The van der Waals surface area contributed by atoms with Crippen LogP contribution >= 0.6 is 15.9 Å². The Hall–Kier alpha value is -1.04. The van der Waals surface area contributed by atoms with Gasteiger partial charge in [-0.05, 0) is 28.1 Å². The van der Waals surface area contributed by atoms with Gasteiger partial charge in [-0.1, -0.05) is 0 Å². The second kappa shape index (κ2) is 2.98. The average Bonchev–Trinajstić information content (AvgIpc) is 2.47. The van der Waals surface area contributed by atoms with Crippen LogP contribution in [0.1, 0.15) is 5.56 Å². The Morgan fingerprint density at radius 2 is 2.07 bits per heavy atom. The summed E-state index contributed by atoms with van der Waals surface area (Å²) in [5, 5.41) is 0.0840. The Morgan fingerprint density at radius 3 is 2.71 bits per heavy atom. The maximum Gasteiger partial charge on any atom is 0.417 e. The molecule has 0 aromatic carbocycles. The minimum atomic E-state index is -4.36. The molecule has 14 heavy (non-hydrogen) atoms. The Balaban J connectivity index is 2.80. The zero-order valence-corrected chi connectivity index (χ0v) is 8.28. The van der Waals surface area contributed by atoms with Gasteiger partial charge in [0, 0.05) is 11.6 Å². The number of nitrogens with one attached hydrogen (secondary N) is 1. The molecule has 0 unspecified atom stereocenters. The van der Waals surface area contributed by atoms with E-state index in [1.807, 2.05) is 0 Å². The highest BCUT2D eigenvalue weighted by Gasteiger charge is 2.33. The van der Waals surface area contributed by atoms with Crippen LogP contribution in [0.25, 0.3) is 11.0 Å². The summed E-state index contributed by atoms with van der Waals surface area (Å²) in [5.41, 5.74) is -0.456. The number of aromatic amines is 1. The molecule has 0 atom stereocenters. The number of pyridine rings is 1. The number of fused-ring (bicyclic) bond motifs is 1. The van der Waals surface area contributed by atoms with Gasteiger partial charge >= 0.3 is 6.18 Å². The summed E-state index contributed by atoms with van der Waals surface area (Å²) in [6, 6.07) is 2.33. The molecule has 0 bridgehead atoms. The maximum atomic E-state index is 12.5. The molecule has 74 valence electrons. The van der Waals surface area contributed by atoms with Crippen molar-refractivity contribution in [2.45, 2.75) is 6.18 Å². The number of aromatic nitrogens is 2. The fourth-order valence-electron chi connectivity index (χ4n) is 1.24. The Bertz CT molecular complexity index is 475. The van der Waals surface area contributed by atoms with Gasteiger partial charge in [0.05, 0.1) is 5.56 Å². The van der Waals surface area contributed by atoms with Crippen molar-refractivity contribution in [2.24, 2.45) is 0 Å². The highest BCUT2D eigenvalue weighted by Crippen LogP contribution is 2.35. The Kier molecular flexibility index (Phi) is 2.02. The van der Waals surface area contributed by atoms with E-state index in [0.29, 0.717) is 0 Å². The molecule has 0 spiro atoms. The summed E-state index contributed by atoms with van der Waals surface area (Å²) in [6.07, 6.45) is -2.93. The van der Waals surface area contributed by atoms with Gasteiger partial charge in [0.15, 0.2) is 0 Å². The fraction of sp³-hybridized carbons (Fsp3) is 0.125. The zero-order valence-electron chi connectivity index (χ0n) is 6.69. The Morgan fingerprint density at radius 1 is 1.36 bits per heavy atom. The second-order valence-electron chi connectivity index (χ2n) is 2.73.